The van der Waals surface area contributed by atoms with Crippen LogP contribution >= 0.6 is 23.2 Å². The zero-order valence-corrected chi connectivity index (χ0v) is 25.1. The molecule has 4 amide bonds. The summed E-state index contributed by atoms with van der Waals surface area (Å²) in [5, 5.41) is 7.21. The molecule has 2 fully saturated rings. The van der Waals surface area contributed by atoms with E-state index in [4.69, 9.17) is 23.2 Å². The van der Waals surface area contributed by atoms with Crippen molar-refractivity contribution in [3.63, 3.8) is 0 Å². The molecule has 0 bridgehead atoms. The van der Waals surface area contributed by atoms with Gasteiger partial charge in [-0.2, -0.15) is 0 Å². The highest BCUT2D eigenvalue weighted by molar-refractivity contribution is 6.35. The number of allylic oxidation sites excluding steroid dienone is 1. The molecule has 41 heavy (non-hydrogen) atoms. The zero-order valence-electron chi connectivity index (χ0n) is 23.6. The topological polar surface area (TPSA) is 76.2 Å². The molecule has 0 aromatic heterocycles. The van der Waals surface area contributed by atoms with Crippen LogP contribution in [0.5, 0.6) is 0 Å². The summed E-state index contributed by atoms with van der Waals surface area (Å²) < 4.78 is 0. The second-order valence-electron chi connectivity index (χ2n) is 10.6. The third-order valence-electron chi connectivity index (χ3n) is 7.74. The number of carbonyl (C=O) groups is 3. The number of carbonyl (C=O) groups excluding carboxylic acids is 3. The standard InChI is InChI=1S/C31H37Cl2N5O3/c1-5-14-36-20-29(39)37-27(15-23(6-2)21(3)4)30(40)35(18-24-12-13-25(32)16-26(24)33)19-28(37)38(36)31(41)34-17-22-10-8-7-9-11-22/h5,7-13,16,23,27-28H,1,3,6,14-15,17-20H2,2,4H3,(H,34,41)/t23?,27-,28-/m0/s1. The number of benzene rings is 2. The van der Waals surface area contributed by atoms with E-state index in [0.29, 0.717) is 29.6 Å². The molecule has 2 aromatic carbocycles. The number of piperazine rings is 1. The van der Waals surface area contributed by atoms with Gasteiger partial charge in [0.1, 0.15) is 12.2 Å². The number of nitrogens with one attached hydrogen (secondary N) is 1. The van der Waals surface area contributed by atoms with Gasteiger partial charge in [-0.15, -0.1) is 6.58 Å². The summed E-state index contributed by atoms with van der Waals surface area (Å²) in [7, 11) is 0. The van der Waals surface area contributed by atoms with E-state index in [1.165, 1.54) is 0 Å². The number of hydrogen-bond donors (Lipinski definition) is 1. The van der Waals surface area contributed by atoms with Crippen LogP contribution in [-0.4, -0.2) is 69.5 Å². The summed E-state index contributed by atoms with van der Waals surface area (Å²) >= 11 is 12.6. The summed E-state index contributed by atoms with van der Waals surface area (Å²) in [6, 6.07) is 13.7. The van der Waals surface area contributed by atoms with Crippen molar-refractivity contribution in [1.82, 2.24) is 25.1 Å². The second kappa shape index (κ2) is 13.6. The molecule has 2 aliphatic rings. The van der Waals surface area contributed by atoms with Crippen molar-refractivity contribution < 1.29 is 14.4 Å². The molecule has 0 radical (unpaired) electrons. The predicted octanol–water partition coefficient (Wildman–Crippen LogP) is 5.48. The summed E-state index contributed by atoms with van der Waals surface area (Å²) in [4.78, 5) is 44.8. The minimum atomic E-state index is -0.760. The van der Waals surface area contributed by atoms with Gasteiger partial charge in [0.15, 0.2) is 0 Å². The van der Waals surface area contributed by atoms with Crippen molar-refractivity contribution in [3.8, 4) is 0 Å². The smallest absolute Gasteiger partial charge is 0.333 e. The fraction of sp³-hybridized carbons (Fsp3) is 0.387. The normalized spacial score (nSPS) is 20.0. The van der Waals surface area contributed by atoms with Gasteiger partial charge in [0, 0.05) is 29.7 Å². The highest BCUT2D eigenvalue weighted by Gasteiger charge is 2.51. The number of hydrogen-bond acceptors (Lipinski definition) is 4. The van der Waals surface area contributed by atoms with Gasteiger partial charge in [-0.3, -0.25) is 9.59 Å². The van der Waals surface area contributed by atoms with Crippen molar-refractivity contribution >= 4 is 41.0 Å². The monoisotopic (exact) mass is 597 g/mol. The van der Waals surface area contributed by atoms with E-state index in [9.17, 15) is 14.4 Å². The SMILES string of the molecule is C=CCN1CC(=O)N2[C@@H](CC(CC)C(=C)C)C(=O)N(Cc3ccc(Cl)cc3Cl)C[C@@H]2N1C(=O)NCc1ccccc1. The van der Waals surface area contributed by atoms with Crippen molar-refractivity contribution in [1.29, 1.82) is 0 Å². The number of nitrogens with zero attached hydrogens (tertiary/aromatic N) is 4. The Bertz CT molecular complexity index is 1300. The van der Waals surface area contributed by atoms with Gasteiger partial charge in [-0.05, 0) is 48.9 Å². The minimum absolute atomic E-state index is 0.0306. The Hall–Kier alpha value is -3.33. The van der Waals surface area contributed by atoms with Crippen LogP contribution in [0.3, 0.4) is 0 Å². The third kappa shape index (κ3) is 6.94. The first-order chi connectivity index (χ1) is 19.6. The molecule has 8 nitrogen and oxygen atoms in total. The second-order valence-corrected chi connectivity index (χ2v) is 11.4. The maximum atomic E-state index is 14.1. The molecule has 218 valence electrons. The van der Waals surface area contributed by atoms with E-state index in [1.807, 2.05) is 44.2 Å². The molecule has 1 N–H and O–H groups in total. The highest BCUT2D eigenvalue weighted by atomic mass is 35.5. The van der Waals surface area contributed by atoms with E-state index in [1.54, 1.807) is 44.1 Å². The fourth-order valence-electron chi connectivity index (χ4n) is 5.57. The van der Waals surface area contributed by atoms with Crippen molar-refractivity contribution in [2.45, 2.75) is 52.0 Å². The van der Waals surface area contributed by atoms with Gasteiger partial charge in [-0.25, -0.2) is 14.8 Å². The molecule has 0 spiro atoms. The van der Waals surface area contributed by atoms with E-state index in [-0.39, 0.29) is 43.4 Å². The number of amides is 4. The lowest BCUT2D eigenvalue weighted by atomic mass is 9.88. The number of hydrazine groups is 1. The van der Waals surface area contributed by atoms with Gasteiger partial charge in [-0.1, -0.05) is 84.8 Å². The van der Waals surface area contributed by atoms with Crippen LogP contribution in [0.4, 0.5) is 4.79 Å². The first kappa shape index (κ1) is 30.6. The van der Waals surface area contributed by atoms with Gasteiger partial charge < -0.3 is 15.1 Å². The van der Waals surface area contributed by atoms with E-state index >= 15 is 0 Å². The van der Waals surface area contributed by atoms with Gasteiger partial charge in [0.2, 0.25) is 11.8 Å². The van der Waals surface area contributed by atoms with Gasteiger partial charge in [0.25, 0.3) is 0 Å². The van der Waals surface area contributed by atoms with Crippen molar-refractivity contribution in [2.75, 3.05) is 19.6 Å². The van der Waals surface area contributed by atoms with Crippen LogP contribution < -0.4 is 5.32 Å². The summed E-state index contributed by atoms with van der Waals surface area (Å²) in [6.07, 6.45) is 2.13. The largest absolute Gasteiger partial charge is 0.334 e. The number of fused-ring (bicyclic) bond motifs is 1. The summed E-state index contributed by atoms with van der Waals surface area (Å²) in [5.41, 5.74) is 2.63. The lowest BCUT2D eigenvalue weighted by Gasteiger charge is -2.55. The van der Waals surface area contributed by atoms with Crippen LogP contribution in [0.15, 0.2) is 73.3 Å². The molecule has 2 aliphatic heterocycles. The molecular formula is C31H37Cl2N5O3. The third-order valence-corrected chi connectivity index (χ3v) is 8.33. The molecule has 3 atom stereocenters. The fourth-order valence-corrected chi connectivity index (χ4v) is 6.04. The van der Waals surface area contributed by atoms with Crippen LogP contribution in [0.1, 0.15) is 37.8 Å². The Labute approximate surface area is 252 Å². The number of rotatable bonds is 10. The van der Waals surface area contributed by atoms with E-state index in [0.717, 1.165) is 23.1 Å². The lowest BCUT2D eigenvalue weighted by Crippen LogP contribution is -2.76. The molecule has 1 unspecified atom stereocenters. The van der Waals surface area contributed by atoms with Crippen LogP contribution in [-0.2, 0) is 22.7 Å². The summed E-state index contributed by atoms with van der Waals surface area (Å²) in [6.45, 7) is 12.8. The highest BCUT2D eigenvalue weighted by Crippen LogP contribution is 2.33. The minimum Gasteiger partial charge on any atom is -0.333 e. The lowest BCUT2D eigenvalue weighted by molar-refractivity contribution is -0.190. The van der Waals surface area contributed by atoms with Crippen LogP contribution in [0, 0.1) is 5.92 Å². The Kier molecular flexibility index (Phi) is 10.1. The van der Waals surface area contributed by atoms with Gasteiger partial charge in [0.05, 0.1) is 13.1 Å². The molecular weight excluding hydrogens is 561 g/mol. The molecule has 2 aromatic rings. The molecule has 0 aliphatic carbocycles. The Morgan fingerprint density at radius 2 is 1.90 bits per heavy atom. The van der Waals surface area contributed by atoms with Gasteiger partial charge >= 0.3 is 6.03 Å². The quantitative estimate of drug-likeness (QED) is 0.368. The van der Waals surface area contributed by atoms with E-state index < -0.39 is 12.2 Å². The molecule has 2 heterocycles. The summed E-state index contributed by atoms with van der Waals surface area (Å²) in [5.74, 6) is -0.354. The maximum absolute atomic E-state index is 14.1. The molecule has 2 saturated heterocycles. The zero-order chi connectivity index (χ0) is 29.7. The van der Waals surface area contributed by atoms with E-state index in [2.05, 4.69) is 18.5 Å². The first-order valence-corrected chi connectivity index (χ1v) is 14.6. The Balaban J connectivity index is 1.71. The van der Waals surface area contributed by atoms with Crippen LogP contribution in [0.25, 0.3) is 0 Å². The number of urea groups is 1. The van der Waals surface area contributed by atoms with Crippen molar-refractivity contribution in [3.05, 3.63) is 94.5 Å². The average Bonchev–Trinajstić information content (AvgIpc) is 2.94. The molecule has 10 heteroatoms. The Morgan fingerprint density at radius 3 is 2.54 bits per heavy atom. The van der Waals surface area contributed by atoms with Crippen molar-refractivity contribution in [2.24, 2.45) is 5.92 Å². The Morgan fingerprint density at radius 1 is 1.17 bits per heavy atom. The predicted molar refractivity (Wildman–Crippen MR) is 162 cm³/mol. The number of halogens is 2. The average molecular weight is 599 g/mol. The maximum Gasteiger partial charge on any atom is 0.334 e. The molecule has 0 saturated carbocycles. The van der Waals surface area contributed by atoms with Crippen LogP contribution in [0.2, 0.25) is 10.0 Å². The first-order valence-electron chi connectivity index (χ1n) is 13.8. The molecule has 4 rings (SSSR count).